The lowest BCUT2D eigenvalue weighted by Gasteiger charge is -2.19. The monoisotopic (exact) mass is 327 g/mol. The van der Waals surface area contributed by atoms with Crippen LogP contribution in [-0.4, -0.2) is 15.0 Å². The molecule has 0 saturated carbocycles. The van der Waals surface area contributed by atoms with Crippen molar-refractivity contribution in [1.29, 1.82) is 0 Å². The van der Waals surface area contributed by atoms with Crippen LogP contribution in [0.5, 0.6) is 0 Å². The second-order valence-electron chi connectivity index (χ2n) is 4.53. The fourth-order valence-corrected chi connectivity index (χ4v) is 4.21. The van der Waals surface area contributed by atoms with E-state index in [0.717, 1.165) is 17.7 Å². The molecule has 6 heteroatoms. The maximum Gasteiger partial charge on any atom is 0.264 e. The van der Waals surface area contributed by atoms with E-state index in [2.05, 4.69) is 0 Å². The maximum absolute atomic E-state index is 12.7. The molecule has 0 amide bonds. The molecular weight excluding hydrogens is 317 g/mol. The largest absolute Gasteiger partial charge is 0.266 e. The Morgan fingerprint density at radius 2 is 1.75 bits per heavy atom. The summed E-state index contributed by atoms with van der Waals surface area (Å²) in [5.41, 5.74) is 1.77. The van der Waals surface area contributed by atoms with Gasteiger partial charge >= 0.3 is 0 Å². The quantitative estimate of drug-likeness (QED) is 0.842. The van der Waals surface area contributed by atoms with E-state index in [0.29, 0.717) is 11.6 Å². The zero-order valence-corrected chi connectivity index (χ0v) is 12.7. The van der Waals surface area contributed by atoms with Crippen molar-refractivity contribution in [3.8, 4) is 0 Å². The lowest BCUT2D eigenvalue weighted by atomic mass is 10.2. The summed E-state index contributed by atoms with van der Waals surface area (Å²) in [7, 11) is -3.60. The number of benzene rings is 2. The molecule has 0 N–H and O–H groups in total. The first-order valence-corrected chi connectivity index (χ1v) is 8.25. The van der Waals surface area contributed by atoms with Gasteiger partial charge in [-0.1, -0.05) is 41.4 Å². The van der Waals surface area contributed by atoms with E-state index in [9.17, 15) is 8.42 Å². The second-order valence-corrected chi connectivity index (χ2v) is 7.21. The summed E-state index contributed by atoms with van der Waals surface area (Å²) in [5.74, 6) is 0. The van der Waals surface area contributed by atoms with Gasteiger partial charge in [-0.25, -0.2) is 8.42 Å². The van der Waals surface area contributed by atoms with Crippen molar-refractivity contribution in [3.05, 3.63) is 58.1 Å². The molecule has 0 fully saturated rings. The van der Waals surface area contributed by atoms with Crippen LogP contribution in [0.25, 0.3) is 0 Å². The Bertz CT molecular complexity index is 774. The summed E-state index contributed by atoms with van der Waals surface area (Å²) >= 11 is 11.7. The highest BCUT2D eigenvalue weighted by Crippen LogP contribution is 2.34. The summed E-state index contributed by atoms with van der Waals surface area (Å²) in [6.45, 7) is 0.446. The summed E-state index contributed by atoms with van der Waals surface area (Å²) in [5, 5.41) is 0.577. The molecule has 20 heavy (non-hydrogen) atoms. The molecule has 2 aromatic rings. The van der Waals surface area contributed by atoms with Crippen molar-refractivity contribution in [2.24, 2.45) is 0 Å². The topological polar surface area (TPSA) is 37.4 Å². The summed E-state index contributed by atoms with van der Waals surface area (Å²) in [6, 6.07) is 11.9. The van der Waals surface area contributed by atoms with Crippen molar-refractivity contribution in [1.82, 2.24) is 0 Å². The van der Waals surface area contributed by atoms with E-state index >= 15 is 0 Å². The second kappa shape index (κ2) is 4.95. The molecule has 3 rings (SSSR count). The van der Waals surface area contributed by atoms with E-state index in [1.54, 1.807) is 0 Å². The average Bonchev–Trinajstić information content (AvgIpc) is 2.86. The zero-order chi connectivity index (χ0) is 14.3. The van der Waals surface area contributed by atoms with Gasteiger partial charge in [0.15, 0.2) is 0 Å². The Morgan fingerprint density at radius 1 is 1.00 bits per heavy atom. The fraction of sp³-hybridized carbons (Fsp3) is 0.143. The Morgan fingerprint density at radius 3 is 2.50 bits per heavy atom. The minimum atomic E-state index is -3.60. The first-order chi connectivity index (χ1) is 9.50. The van der Waals surface area contributed by atoms with Crippen molar-refractivity contribution >= 4 is 38.9 Å². The third-order valence-corrected chi connectivity index (χ3v) is 5.87. The lowest BCUT2D eigenvalue weighted by molar-refractivity contribution is 0.592. The number of hydrogen-bond acceptors (Lipinski definition) is 2. The Hall–Kier alpha value is -1.23. The molecule has 0 aromatic heterocycles. The highest BCUT2D eigenvalue weighted by Gasteiger charge is 2.30. The van der Waals surface area contributed by atoms with E-state index in [4.69, 9.17) is 23.2 Å². The zero-order valence-electron chi connectivity index (χ0n) is 10.4. The number of sulfonamides is 1. The van der Waals surface area contributed by atoms with Crippen LogP contribution in [0.3, 0.4) is 0 Å². The normalized spacial score (nSPS) is 14.4. The van der Waals surface area contributed by atoms with E-state index in [1.165, 1.54) is 22.5 Å². The first kappa shape index (κ1) is 13.7. The predicted octanol–water partition coefficient (Wildman–Crippen LogP) is 3.74. The molecule has 104 valence electrons. The Kier molecular flexibility index (Phi) is 3.40. The molecule has 1 aliphatic heterocycles. The van der Waals surface area contributed by atoms with Crippen LogP contribution >= 0.6 is 23.2 Å². The van der Waals surface area contributed by atoms with E-state index in [1.807, 2.05) is 24.3 Å². The van der Waals surface area contributed by atoms with Gasteiger partial charge in [0.05, 0.1) is 20.6 Å². The molecule has 0 aliphatic carbocycles. The maximum atomic E-state index is 12.7. The number of fused-ring (bicyclic) bond motifs is 1. The molecule has 2 aromatic carbocycles. The van der Waals surface area contributed by atoms with Crippen LogP contribution in [-0.2, 0) is 16.4 Å². The van der Waals surface area contributed by atoms with Gasteiger partial charge < -0.3 is 0 Å². The minimum Gasteiger partial charge on any atom is -0.266 e. The van der Waals surface area contributed by atoms with Gasteiger partial charge in [0.1, 0.15) is 0 Å². The summed E-state index contributed by atoms with van der Waals surface area (Å²) < 4.78 is 26.8. The molecule has 3 nitrogen and oxygen atoms in total. The van der Waals surface area contributed by atoms with Gasteiger partial charge in [0, 0.05) is 6.54 Å². The van der Waals surface area contributed by atoms with Crippen molar-refractivity contribution in [2.75, 3.05) is 10.8 Å². The van der Waals surface area contributed by atoms with Crippen molar-refractivity contribution in [3.63, 3.8) is 0 Å². The molecule has 1 heterocycles. The molecule has 0 atom stereocenters. The number of halogens is 2. The van der Waals surface area contributed by atoms with Gasteiger partial charge in [-0.2, -0.15) is 0 Å². The SMILES string of the molecule is O=S(=O)(c1ccc(Cl)c(Cl)c1)N1CCc2ccccc21. The van der Waals surface area contributed by atoms with Crippen LogP contribution in [0.1, 0.15) is 5.56 Å². The average molecular weight is 328 g/mol. The Balaban J connectivity index is 2.07. The molecule has 0 bridgehead atoms. The van der Waals surface area contributed by atoms with Crippen molar-refractivity contribution in [2.45, 2.75) is 11.3 Å². The number of nitrogens with zero attached hydrogens (tertiary/aromatic N) is 1. The number of para-hydroxylation sites is 1. The van der Waals surface area contributed by atoms with Crippen LogP contribution in [0.4, 0.5) is 5.69 Å². The highest BCUT2D eigenvalue weighted by atomic mass is 35.5. The first-order valence-electron chi connectivity index (χ1n) is 6.06. The molecule has 0 unspecified atom stereocenters. The van der Waals surface area contributed by atoms with Gasteiger partial charge in [-0.3, -0.25) is 4.31 Å². The van der Waals surface area contributed by atoms with Crippen LogP contribution < -0.4 is 4.31 Å². The van der Waals surface area contributed by atoms with Gasteiger partial charge in [0.25, 0.3) is 10.0 Å². The van der Waals surface area contributed by atoms with Crippen LogP contribution in [0.15, 0.2) is 47.4 Å². The molecule has 0 saturated heterocycles. The molecule has 1 aliphatic rings. The van der Waals surface area contributed by atoms with Crippen LogP contribution in [0.2, 0.25) is 10.0 Å². The lowest BCUT2D eigenvalue weighted by Crippen LogP contribution is -2.29. The third-order valence-electron chi connectivity index (χ3n) is 3.32. The van der Waals surface area contributed by atoms with Gasteiger partial charge in [-0.15, -0.1) is 0 Å². The smallest absolute Gasteiger partial charge is 0.264 e. The molecule has 0 spiro atoms. The van der Waals surface area contributed by atoms with E-state index < -0.39 is 10.0 Å². The Labute approximate surface area is 127 Å². The number of hydrogen-bond donors (Lipinski definition) is 0. The summed E-state index contributed by atoms with van der Waals surface area (Å²) in [6.07, 6.45) is 0.719. The third kappa shape index (κ3) is 2.18. The number of rotatable bonds is 2. The predicted molar refractivity (Wildman–Crippen MR) is 81.1 cm³/mol. The van der Waals surface area contributed by atoms with Gasteiger partial charge in [0.2, 0.25) is 0 Å². The van der Waals surface area contributed by atoms with Gasteiger partial charge in [-0.05, 0) is 36.2 Å². The minimum absolute atomic E-state index is 0.156. The number of anilines is 1. The van der Waals surface area contributed by atoms with E-state index in [-0.39, 0.29) is 9.92 Å². The highest BCUT2D eigenvalue weighted by molar-refractivity contribution is 7.92. The molecular formula is C14H11Cl2NO2S. The van der Waals surface area contributed by atoms with Crippen LogP contribution in [0, 0.1) is 0 Å². The van der Waals surface area contributed by atoms with Crippen molar-refractivity contribution < 1.29 is 8.42 Å². The standard InChI is InChI=1S/C14H11Cl2NO2S/c15-12-6-5-11(9-13(12)16)20(18,19)17-8-7-10-3-1-2-4-14(10)17/h1-6,9H,7-8H2. The summed E-state index contributed by atoms with van der Waals surface area (Å²) in [4.78, 5) is 0.156. The fourth-order valence-electron chi connectivity index (χ4n) is 2.32. The molecule has 0 radical (unpaired) electrons.